The number of rotatable bonds is 6. The fraction of sp³-hybridized carbons (Fsp3) is 0.533. The maximum atomic E-state index is 12.2. The summed E-state index contributed by atoms with van der Waals surface area (Å²) in [5.41, 5.74) is 7.66. The standard InChI is InChI=1S/C15H24N2O2/c1-5-11(6-2)10-19-15(18)13-9-12(16)7-8-14(13)17(3)4/h7-9,11H,5-6,10,16H2,1-4H3. The van der Waals surface area contributed by atoms with Crippen LogP contribution < -0.4 is 10.6 Å². The summed E-state index contributed by atoms with van der Waals surface area (Å²) in [6.45, 7) is 4.68. The van der Waals surface area contributed by atoms with E-state index in [2.05, 4.69) is 13.8 Å². The lowest BCUT2D eigenvalue weighted by atomic mass is 10.1. The number of carbonyl (C=O) groups is 1. The van der Waals surface area contributed by atoms with Crippen LogP contribution >= 0.6 is 0 Å². The largest absolute Gasteiger partial charge is 0.462 e. The second-order valence-electron chi connectivity index (χ2n) is 4.95. The maximum absolute atomic E-state index is 12.2. The average Bonchev–Trinajstić information content (AvgIpc) is 2.39. The lowest BCUT2D eigenvalue weighted by Gasteiger charge is -2.18. The lowest BCUT2D eigenvalue weighted by Crippen LogP contribution is -2.18. The summed E-state index contributed by atoms with van der Waals surface area (Å²) in [6.07, 6.45) is 2.03. The molecule has 0 amide bonds. The van der Waals surface area contributed by atoms with Crippen molar-refractivity contribution >= 4 is 17.3 Å². The Labute approximate surface area is 115 Å². The molecule has 0 spiro atoms. The second-order valence-corrected chi connectivity index (χ2v) is 4.95. The van der Waals surface area contributed by atoms with Crippen molar-refractivity contribution in [2.45, 2.75) is 26.7 Å². The fourth-order valence-electron chi connectivity index (χ4n) is 1.90. The molecule has 0 saturated carbocycles. The highest BCUT2D eigenvalue weighted by Gasteiger charge is 2.16. The van der Waals surface area contributed by atoms with Crippen LogP contribution in [0.15, 0.2) is 18.2 Å². The molecule has 0 aliphatic heterocycles. The molecule has 0 saturated heterocycles. The van der Waals surface area contributed by atoms with Crippen molar-refractivity contribution in [2.75, 3.05) is 31.3 Å². The van der Waals surface area contributed by atoms with Gasteiger partial charge in [-0.3, -0.25) is 0 Å². The Hall–Kier alpha value is -1.71. The minimum atomic E-state index is -0.303. The highest BCUT2D eigenvalue weighted by atomic mass is 16.5. The maximum Gasteiger partial charge on any atom is 0.340 e. The minimum Gasteiger partial charge on any atom is -0.462 e. The van der Waals surface area contributed by atoms with E-state index in [1.807, 2.05) is 25.1 Å². The van der Waals surface area contributed by atoms with Gasteiger partial charge in [-0.05, 0) is 24.1 Å². The van der Waals surface area contributed by atoms with Gasteiger partial charge in [-0.2, -0.15) is 0 Å². The Bertz CT molecular complexity index is 426. The number of nitrogens with zero attached hydrogens (tertiary/aromatic N) is 1. The van der Waals surface area contributed by atoms with Crippen LogP contribution in [0.5, 0.6) is 0 Å². The van der Waals surface area contributed by atoms with Crippen molar-refractivity contribution < 1.29 is 9.53 Å². The smallest absolute Gasteiger partial charge is 0.340 e. The van der Waals surface area contributed by atoms with Crippen LogP contribution in [-0.4, -0.2) is 26.7 Å². The first-order valence-electron chi connectivity index (χ1n) is 6.73. The molecule has 0 bridgehead atoms. The highest BCUT2D eigenvalue weighted by molar-refractivity contribution is 5.96. The molecule has 19 heavy (non-hydrogen) atoms. The zero-order valence-electron chi connectivity index (χ0n) is 12.3. The normalized spacial score (nSPS) is 10.6. The van der Waals surface area contributed by atoms with Gasteiger partial charge in [-0.25, -0.2) is 4.79 Å². The second kappa shape index (κ2) is 7.02. The molecule has 0 aliphatic carbocycles. The molecule has 0 radical (unpaired) electrons. The van der Waals surface area contributed by atoms with Crippen molar-refractivity contribution in [1.29, 1.82) is 0 Å². The highest BCUT2D eigenvalue weighted by Crippen LogP contribution is 2.22. The number of esters is 1. The number of anilines is 2. The van der Waals surface area contributed by atoms with Gasteiger partial charge in [0.1, 0.15) is 0 Å². The van der Waals surface area contributed by atoms with Crippen LogP contribution in [-0.2, 0) is 4.74 Å². The average molecular weight is 264 g/mol. The zero-order valence-corrected chi connectivity index (χ0v) is 12.3. The fourth-order valence-corrected chi connectivity index (χ4v) is 1.90. The number of ether oxygens (including phenoxy) is 1. The summed E-state index contributed by atoms with van der Waals surface area (Å²) >= 11 is 0. The van der Waals surface area contributed by atoms with Gasteiger partial charge in [-0.1, -0.05) is 26.7 Å². The van der Waals surface area contributed by atoms with E-state index in [1.165, 1.54) is 0 Å². The van der Waals surface area contributed by atoms with Gasteiger partial charge >= 0.3 is 5.97 Å². The molecule has 0 aromatic heterocycles. The predicted molar refractivity (Wildman–Crippen MR) is 79.5 cm³/mol. The molecule has 0 unspecified atom stereocenters. The summed E-state index contributed by atoms with van der Waals surface area (Å²) in [6, 6.07) is 5.29. The van der Waals surface area contributed by atoms with E-state index in [0.717, 1.165) is 18.5 Å². The van der Waals surface area contributed by atoms with Gasteiger partial charge in [0.05, 0.1) is 17.9 Å². The van der Waals surface area contributed by atoms with E-state index in [-0.39, 0.29) is 5.97 Å². The van der Waals surface area contributed by atoms with Crippen molar-refractivity contribution in [2.24, 2.45) is 5.92 Å². The molecule has 0 fully saturated rings. The third kappa shape index (κ3) is 4.16. The summed E-state index contributed by atoms with van der Waals surface area (Å²) in [7, 11) is 3.78. The first kappa shape index (κ1) is 15.3. The molecule has 0 aliphatic rings. The minimum absolute atomic E-state index is 0.303. The number of hydrogen-bond donors (Lipinski definition) is 1. The van der Waals surface area contributed by atoms with Gasteiger partial charge in [0.15, 0.2) is 0 Å². The number of nitrogens with two attached hydrogens (primary N) is 1. The Balaban J connectivity index is 2.84. The van der Waals surface area contributed by atoms with E-state index >= 15 is 0 Å². The first-order valence-corrected chi connectivity index (χ1v) is 6.73. The van der Waals surface area contributed by atoms with Gasteiger partial charge < -0.3 is 15.4 Å². The first-order chi connectivity index (χ1) is 8.99. The third-order valence-corrected chi connectivity index (χ3v) is 3.33. The zero-order chi connectivity index (χ0) is 14.4. The molecule has 4 heteroatoms. The summed E-state index contributed by atoms with van der Waals surface area (Å²) < 4.78 is 5.40. The molecule has 1 aromatic rings. The summed E-state index contributed by atoms with van der Waals surface area (Å²) in [5, 5.41) is 0. The molecule has 1 aromatic carbocycles. The molecule has 1 rings (SSSR count). The van der Waals surface area contributed by atoms with Gasteiger partial charge in [0.2, 0.25) is 0 Å². The van der Waals surface area contributed by atoms with Crippen LogP contribution in [0.3, 0.4) is 0 Å². The third-order valence-electron chi connectivity index (χ3n) is 3.33. The SMILES string of the molecule is CCC(CC)COC(=O)c1cc(N)ccc1N(C)C. The van der Waals surface area contributed by atoms with Gasteiger partial charge in [-0.15, -0.1) is 0 Å². The molecule has 2 N–H and O–H groups in total. The topological polar surface area (TPSA) is 55.6 Å². The number of hydrogen-bond acceptors (Lipinski definition) is 4. The monoisotopic (exact) mass is 264 g/mol. The van der Waals surface area contributed by atoms with E-state index < -0.39 is 0 Å². The Kier molecular flexibility index (Phi) is 5.67. The number of carbonyl (C=O) groups excluding carboxylic acids is 1. The molecular formula is C15H24N2O2. The number of benzene rings is 1. The van der Waals surface area contributed by atoms with Crippen LogP contribution in [0.4, 0.5) is 11.4 Å². The quantitative estimate of drug-likeness (QED) is 0.634. The van der Waals surface area contributed by atoms with Crippen molar-refractivity contribution in [3.8, 4) is 0 Å². The van der Waals surface area contributed by atoms with Crippen LogP contribution in [0.2, 0.25) is 0 Å². The predicted octanol–water partition coefficient (Wildman–Crippen LogP) is 2.93. The Morgan fingerprint density at radius 2 is 1.95 bits per heavy atom. The van der Waals surface area contributed by atoms with Gasteiger partial charge in [0, 0.05) is 19.8 Å². The lowest BCUT2D eigenvalue weighted by molar-refractivity contribution is 0.0434. The molecule has 4 nitrogen and oxygen atoms in total. The Morgan fingerprint density at radius 1 is 1.32 bits per heavy atom. The van der Waals surface area contributed by atoms with Crippen LogP contribution in [0.1, 0.15) is 37.0 Å². The molecule has 0 atom stereocenters. The Morgan fingerprint density at radius 3 is 2.47 bits per heavy atom. The van der Waals surface area contributed by atoms with E-state index in [4.69, 9.17) is 10.5 Å². The van der Waals surface area contributed by atoms with Crippen molar-refractivity contribution in [1.82, 2.24) is 0 Å². The summed E-state index contributed by atoms with van der Waals surface area (Å²) in [4.78, 5) is 14.0. The number of nitrogen functional groups attached to an aromatic ring is 1. The van der Waals surface area contributed by atoms with Crippen LogP contribution in [0.25, 0.3) is 0 Å². The van der Waals surface area contributed by atoms with Crippen LogP contribution in [0, 0.1) is 5.92 Å². The van der Waals surface area contributed by atoms with E-state index in [9.17, 15) is 4.79 Å². The van der Waals surface area contributed by atoms with Gasteiger partial charge in [0.25, 0.3) is 0 Å². The molecular weight excluding hydrogens is 240 g/mol. The summed E-state index contributed by atoms with van der Waals surface area (Å²) in [5.74, 6) is 0.121. The molecule has 106 valence electrons. The van der Waals surface area contributed by atoms with Crippen molar-refractivity contribution in [3.63, 3.8) is 0 Å². The van der Waals surface area contributed by atoms with Crippen molar-refractivity contribution in [3.05, 3.63) is 23.8 Å². The van der Waals surface area contributed by atoms with E-state index in [0.29, 0.717) is 23.8 Å². The van der Waals surface area contributed by atoms with E-state index in [1.54, 1.807) is 12.1 Å². The molecule has 0 heterocycles.